The van der Waals surface area contributed by atoms with E-state index in [9.17, 15) is 4.79 Å². The first-order valence-electron chi connectivity index (χ1n) is 10.2. The molecule has 0 fully saturated rings. The fourth-order valence-electron chi connectivity index (χ4n) is 3.45. The maximum Gasteiger partial charge on any atom is 0.345 e. The quantitative estimate of drug-likeness (QED) is 0.319. The summed E-state index contributed by atoms with van der Waals surface area (Å²) in [6.07, 6.45) is 10.4. The standard InChI is InChI=1S/C25H26O4Si/c1-16-9-7-8-10-17(13-16)23-18(11-12-30(4,5)6)19-14-20-22(15-21(19)27-23)28-25(2,3)29-24(20)26/h7-10,13-16H,1-6H3. The number of furan rings is 1. The first kappa shape index (κ1) is 20.3. The Bertz CT molecular complexity index is 1190. The minimum Gasteiger partial charge on any atom is -0.455 e. The monoisotopic (exact) mass is 418 g/mol. The van der Waals surface area contributed by atoms with E-state index < -0.39 is 19.8 Å². The van der Waals surface area contributed by atoms with Crippen molar-refractivity contribution in [2.24, 2.45) is 5.92 Å². The Kier molecular flexibility index (Phi) is 4.78. The van der Waals surface area contributed by atoms with Gasteiger partial charge in [0.25, 0.3) is 0 Å². The van der Waals surface area contributed by atoms with E-state index in [4.69, 9.17) is 13.9 Å². The minimum absolute atomic E-state index is 0.272. The molecular weight excluding hydrogens is 392 g/mol. The van der Waals surface area contributed by atoms with Crippen LogP contribution in [-0.4, -0.2) is 19.8 Å². The van der Waals surface area contributed by atoms with Gasteiger partial charge in [0.2, 0.25) is 5.79 Å². The summed E-state index contributed by atoms with van der Waals surface area (Å²) in [6, 6.07) is 3.56. The van der Waals surface area contributed by atoms with Crippen LogP contribution in [0.2, 0.25) is 19.6 Å². The summed E-state index contributed by atoms with van der Waals surface area (Å²) in [5.74, 6) is 3.42. The van der Waals surface area contributed by atoms with Gasteiger partial charge in [-0.05, 0) is 12.0 Å². The number of fused-ring (bicyclic) bond motifs is 2. The molecule has 1 aromatic carbocycles. The van der Waals surface area contributed by atoms with Crippen molar-refractivity contribution in [3.63, 3.8) is 0 Å². The molecule has 30 heavy (non-hydrogen) atoms. The van der Waals surface area contributed by atoms with Gasteiger partial charge in [0.15, 0.2) is 5.76 Å². The van der Waals surface area contributed by atoms with E-state index in [0.717, 1.165) is 22.3 Å². The normalized spacial score (nSPS) is 19.9. The average molecular weight is 419 g/mol. The molecule has 0 radical (unpaired) electrons. The van der Waals surface area contributed by atoms with E-state index in [1.807, 2.05) is 18.2 Å². The van der Waals surface area contributed by atoms with Crippen LogP contribution in [-0.2, 0) is 4.74 Å². The molecule has 2 aromatic rings. The topological polar surface area (TPSA) is 48.7 Å². The second kappa shape index (κ2) is 7.07. The number of hydrogen-bond donors (Lipinski definition) is 0. The summed E-state index contributed by atoms with van der Waals surface area (Å²) in [6.45, 7) is 12.2. The number of cyclic esters (lactones) is 1. The number of carbonyl (C=O) groups is 1. The fourth-order valence-corrected chi connectivity index (χ4v) is 3.95. The Morgan fingerprint density at radius 1 is 1.10 bits per heavy atom. The van der Waals surface area contributed by atoms with E-state index >= 15 is 0 Å². The Labute approximate surface area is 178 Å². The van der Waals surface area contributed by atoms with Crippen molar-refractivity contribution in [3.05, 3.63) is 59.4 Å². The molecule has 1 aliphatic heterocycles. The molecule has 0 bridgehead atoms. The molecule has 0 N–H and O–H groups in total. The van der Waals surface area contributed by atoms with Gasteiger partial charge in [0, 0.05) is 30.9 Å². The molecule has 1 atom stereocenters. The summed E-state index contributed by atoms with van der Waals surface area (Å²) < 4.78 is 17.6. The summed E-state index contributed by atoms with van der Waals surface area (Å²) in [7, 11) is -1.63. The second-order valence-corrected chi connectivity index (χ2v) is 14.0. The van der Waals surface area contributed by atoms with Gasteiger partial charge >= 0.3 is 5.97 Å². The molecular formula is C25H26O4Si. The molecule has 5 heteroatoms. The third kappa shape index (κ3) is 4.01. The van der Waals surface area contributed by atoms with Crippen LogP contribution < -0.4 is 4.74 Å². The van der Waals surface area contributed by atoms with Crippen molar-refractivity contribution in [2.75, 3.05) is 0 Å². The van der Waals surface area contributed by atoms with Gasteiger partial charge in [-0.1, -0.05) is 62.9 Å². The average Bonchev–Trinajstić information content (AvgIpc) is 2.81. The number of hydrogen-bond acceptors (Lipinski definition) is 4. The van der Waals surface area contributed by atoms with Crippen LogP contribution in [0.15, 0.2) is 46.9 Å². The van der Waals surface area contributed by atoms with Crippen molar-refractivity contribution in [1.29, 1.82) is 0 Å². The molecule has 2 heterocycles. The number of allylic oxidation sites excluding steroid dienone is 6. The molecule has 0 spiro atoms. The Morgan fingerprint density at radius 3 is 2.60 bits per heavy atom. The van der Waals surface area contributed by atoms with Gasteiger partial charge < -0.3 is 13.9 Å². The van der Waals surface area contributed by atoms with Crippen LogP contribution in [0.3, 0.4) is 0 Å². The first-order valence-corrected chi connectivity index (χ1v) is 13.7. The zero-order valence-electron chi connectivity index (χ0n) is 18.3. The second-order valence-electron chi connectivity index (χ2n) is 9.27. The number of rotatable bonds is 1. The van der Waals surface area contributed by atoms with Crippen molar-refractivity contribution in [3.8, 4) is 17.2 Å². The Balaban J connectivity index is 1.97. The molecule has 0 saturated carbocycles. The zero-order chi connectivity index (χ0) is 21.7. The lowest BCUT2D eigenvalue weighted by Gasteiger charge is -2.31. The molecule has 4 rings (SSSR count). The number of esters is 1. The van der Waals surface area contributed by atoms with Gasteiger partial charge in [-0.3, -0.25) is 0 Å². The number of ether oxygens (including phenoxy) is 2. The highest BCUT2D eigenvalue weighted by Crippen LogP contribution is 2.39. The van der Waals surface area contributed by atoms with E-state index in [-0.39, 0.29) is 5.92 Å². The van der Waals surface area contributed by atoms with Crippen LogP contribution >= 0.6 is 0 Å². The van der Waals surface area contributed by atoms with Crippen molar-refractivity contribution < 1.29 is 18.7 Å². The fraction of sp³-hybridized carbons (Fsp3) is 0.320. The lowest BCUT2D eigenvalue weighted by molar-refractivity contribution is -0.127. The SMILES string of the molecule is CC1C=CC=CC(c2oc3cc4c(cc3c2C#C[Si](C)(C)C)C(=O)OC(C)(C)O4)=C1. The van der Waals surface area contributed by atoms with Crippen LogP contribution in [0.5, 0.6) is 5.75 Å². The molecule has 0 saturated heterocycles. The van der Waals surface area contributed by atoms with Crippen molar-refractivity contribution in [2.45, 2.75) is 46.2 Å². The Morgan fingerprint density at radius 2 is 1.87 bits per heavy atom. The predicted octanol–water partition coefficient (Wildman–Crippen LogP) is 6.09. The highest BCUT2D eigenvalue weighted by atomic mass is 28.3. The summed E-state index contributed by atoms with van der Waals surface area (Å²) in [4.78, 5) is 12.6. The molecule has 1 unspecified atom stereocenters. The van der Waals surface area contributed by atoms with Crippen molar-refractivity contribution >= 4 is 30.6 Å². The molecule has 1 aromatic heterocycles. The van der Waals surface area contributed by atoms with Crippen LogP contribution in [0.1, 0.15) is 42.5 Å². The van der Waals surface area contributed by atoms with E-state index in [1.165, 1.54) is 0 Å². The molecule has 154 valence electrons. The molecule has 4 nitrogen and oxygen atoms in total. The molecule has 2 aliphatic rings. The maximum atomic E-state index is 12.6. The van der Waals surface area contributed by atoms with Crippen LogP contribution in [0.4, 0.5) is 0 Å². The largest absolute Gasteiger partial charge is 0.455 e. The van der Waals surface area contributed by atoms with E-state index in [0.29, 0.717) is 16.9 Å². The van der Waals surface area contributed by atoms with E-state index in [1.54, 1.807) is 26.0 Å². The maximum absolute atomic E-state index is 12.6. The first-order chi connectivity index (χ1) is 14.0. The molecule has 0 amide bonds. The van der Waals surface area contributed by atoms with Crippen molar-refractivity contribution in [1.82, 2.24) is 0 Å². The summed E-state index contributed by atoms with van der Waals surface area (Å²) >= 11 is 0. The highest BCUT2D eigenvalue weighted by Gasteiger charge is 2.35. The van der Waals surface area contributed by atoms with Crippen LogP contribution in [0, 0.1) is 17.4 Å². The zero-order valence-corrected chi connectivity index (χ0v) is 19.3. The predicted molar refractivity (Wildman–Crippen MR) is 122 cm³/mol. The van der Waals surface area contributed by atoms with Gasteiger partial charge in [-0.15, -0.1) is 5.54 Å². The van der Waals surface area contributed by atoms with Gasteiger partial charge in [-0.2, -0.15) is 0 Å². The van der Waals surface area contributed by atoms with Gasteiger partial charge in [0.05, 0.1) is 5.56 Å². The smallest absolute Gasteiger partial charge is 0.345 e. The highest BCUT2D eigenvalue weighted by molar-refractivity contribution is 6.83. The summed E-state index contributed by atoms with van der Waals surface area (Å²) in [5, 5.41) is 0.800. The van der Waals surface area contributed by atoms with Gasteiger partial charge in [-0.25, -0.2) is 4.79 Å². The third-order valence-electron chi connectivity index (χ3n) is 4.77. The van der Waals surface area contributed by atoms with Gasteiger partial charge in [0.1, 0.15) is 25.0 Å². The van der Waals surface area contributed by atoms with Crippen LogP contribution in [0.25, 0.3) is 16.5 Å². The third-order valence-corrected chi connectivity index (χ3v) is 5.65. The minimum atomic E-state index is -1.63. The lowest BCUT2D eigenvalue weighted by Crippen LogP contribution is -2.38. The molecule has 1 aliphatic carbocycles. The summed E-state index contributed by atoms with van der Waals surface area (Å²) in [5.41, 5.74) is 6.26. The Hall–Kier alpha value is -2.97. The van der Waals surface area contributed by atoms with E-state index in [2.05, 4.69) is 50.2 Å². The number of benzene rings is 1. The number of carbonyl (C=O) groups excluding carboxylic acids is 1. The lowest BCUT2D eigenvalue weighted by atomic mass is 10.0.